The van der Waals surface area contributed by atoms with Crippen molar-refractivity contribution in [2.24, 2.45) is 5.73 Å². The van der Waals surface area contributed by atoms with E-state index in [1.807, 2.05) is 13.8 Å². The Morgan fingerprint density at radius 2 is 2.14 bits per heavy atom. The lowest BCUT2D eigenvalue weighted by molar-refractivity contribution is 0.0999. The van der Waals surface area contributed by atoms with Gasteiger partial charge in [-0.15, -0.1) is 0 Å². The molecule has 0 bridgehead atoms. The van der Waals surface area contributed by atoms with Crippen LogP contribution in [0.5, 0.6) is 0 Å². The average molecular weight is 192 g/mol. The van der Waals surface area contributed by atoms with Gasteiger partial charge in [-0.25, -0.2) is 0 Å². The van der Waals surface area contributed by atoms with Crippen LogP contribution >= 0.6 is 0 Å². The van der Waals surface area contributed by atoms with Crippen LogP contribution < -0.4 is 5.73 Å². The molecule has 14 heavy (non-hydrogen) atoms. The minimum Gasteiger partial charge on any atom is -0.366 e. The fraction of sp³-hybridized carbons (Fsp3) is 0.455. The lowest BCUT2D eigenvalue weighted by Gasteiger charge is -2.10. The second-order valence-corrected chi connectivity index (χ2v) is 3.48. The Morgan fingerprint density at radius 1 is 1.50 bits per heavy atom. The van der Waals surface area contributed by atoms with Gasteiger partial charge in [0.25, 0.3) is 5.91 Å². The van der Waals surface area contributed by atoms with Crippen LogP contribution in [0, 0.1) is 13.8 Å². The Morgan fingerprint density at radius 3 is 2.64 bits per heavy atom. The molecule has 0 fully saturated rings. The van der Waals surface area contributed by atoms with Crippen LogP contribution in [-0.4, -0.2) is 10.9 Å². The number of amides is 1. The van der Waals surface area contributed by atoms with Crippen molar-refractivity contribution in [2.75, 3.05) is 0 Å². The van der Waals surface area contributed by atoms with E-state index in [0.717, 1.165) is 29.7 Å². The molecule has 3 heteroatoms. The van der Waals surface area contributed by atoms with Crippen molar-refractivity contribution in [3.63, 3.8) is 0 Å². The number of aromatic nitrogens is 1. The molecule has 0 saturated heterocycles. The summed E-state index contributed by atoms with van der Waals surface area (Å²) in [5.74, 6) is -0.396. The number of hydrogen-bond donors (Lipinski definition) is 1. The fourth-order valence-corrected chi connectivity index (χ4v) is 1.64. The summed E-state index contributed by atoms with van der Waals surface area (Å²) < 4.78 is 0. The topological polar surface area (TPSA) is 56.0 Å². The van der Waals surface area contributed by atoms with E-state index in [2.05, 4.69) is 11.9 Å². The molecule has 1 aromatic rings. The molecule has 0 unspecified atom stereocenters. The van der Waals surface area contributed by atoms with E-state index in [1.165, 1.54) is 0 Å². The Kier molecular flexibility index (Phi) is 3.23. The molecule has 0 radical (unpaired) electrons. The van der Waals surface area contributed by atoms with Gasteiger partial charge >= 0.3 is 0 Å². The zero-order chi connectivity index (χ0) is 10.7. The minimum atomic E-state index is -0.396. The summed E-state index contributed by atoms with van der Waals surface area (Å²) in [5.41, 5.74) is 8.92. The van der Waals surface area contributed by atoms with Gasteiger partial charge in [0.2, 0.25) is 0 Å². The summed E-state index contributed by atoms with van der Waals surface area (Å²) in [7, 11) is 0. The van der Waals surface area contributed by atoms with Gasteiger partial charge < -0.3 is 5.73 Å². The van der Waals surface area contributed by atoms with E-state index in [-0.39, 0.29) is 0 Å². The maximum Gasteiger partial charge on any atom is 0.250 e. The molecular formula is C11H16N2O. The molecule has 0 aliphatic carbocycles. The fourth-order valence-electron chi connectivity index (χ4n) is 1.64. The molecule has 2 N–H and O–H groups in total. The van der Waals surface area contributed by atoms with E-state index >= 15 is 0 Å². The van der Waals surface area contributed by atoms with Gasteiger partial charge in [-0.05, 0) is 31.4 Å². The SMILES string of the molecule is CCCc1c(C)ncc(C(N)=O)c1C. The number of carbonyl (C=O) groups is 1. The summed E-state index contributed by atoms with van der Waals surface area (Å²) >= 11 is 0. The third kappa shape index (κ3) is 1.92. The van der Waals surface area contributed by atoms with Gasteiger partial charge in [0, 0.05) is 11.9 Å². The molecule has 0 aromatic carbocycles. The highest BCUT2D eigenvalue weighted by molar-refractivity contribution is 5.94. The Labute approximate surface area is 84.3 Å². The highest BCUT2D eigenvalue weighted by Gasteiger charge is 2.11. The molecule has 0 spiro atoms. The number of carbonyl (C=O) groups excluding carboxylic acids is 1. The molecule has 0 aliphatic heterocycles. The smallest absolute Gasteiger partial charge is 0.250 e. The van der Waals surface area contributed by atoms with Crippen molar-refractivity contribution >= 4 is 5.91 Å². The predicted octanol–water partition coefficient (Wildman–Crippen LogP) is 1.75. The molecule has 1 aromatic heterocycles. The highest BCUT2D eigenvalue weighted by Crippen LogP contribution is 2.17. The zero-order valence-corrected chi connectivity index (χ0v) is 8.92. The lowest BCUT2D eigenvalue weighted by atomic mass is 9.99. The quantitative estimate of drug-likeness (QED) is 0.793. The van der Waals surface area contributed by atoms with Crippen LogP contribution in [0.15, 0.2) is 6.20 Å². The molecular weight excluding hydrogens is 176 g/mol. The van der Waals surface area contributed by atoms with Crippen molar-refractivity contribution in [3.05, 3.63) is 28.6 Å². The number of rotatable bonds is 3. The first-order chi connectivity index (χ1) is 6.57. The molecule has 0 atom stereocenters. The summed E-state index contributed by atoms with van der Waals surface area (Å²) in [4.78, 5) is 15.3. The molecule has 76 valence electrons. The number of nitrogens with two attached hydrogens (primary N) is 1. The van der Waals surface area contributed by atoms with Gasteiger partial charge in [-0.2, -0.15) is 0 Å². The number of primary amides is 1. The number of nitrogens with zero attached hydrogens (tertiary/aromatic N) is 1. The Balaban J connectivity index is 3.26. The predicted molar refractivity (Wildman–Crippen MR) is 56.2 cm³/mol. The maximum atomic E-state index is 11.1. The standard InChI is InChI=1S/C11H16N2O/c1-4-5-9-7(2)10(11(12)14)6-13-8(9)3/h6H,4-5H2,1-3H3,(H2,12,14). The summed E-state index contributed by atoms with van der Waals surface area (Å²) in [5, 5.41) is 0. The third-order valence-electron chi connectivity index (χ3n) is 2.45. The normalized spacial score (nSPS) is 10.2. The summed E-state index contributed by atoms with van der Waals surface area (Å²) in [6.07, 6.45) is 3.56. The first kappa shape index (κ1) is 10.7. The van der Waals surface area contributed by atoms with Crippen molar-refractivity contribution in [1.29, 1.82) is 0 Å². The highest BCUT2D eigenvalue weighted by atomic mass is 16.1. The van der Waals surface area contributed by atoms with Crippen molar-refractivity contribution < 1.29 is 4.79 Å². The number of aryl methyl sites for hydroxylation is 1. The van der Waals surface area contributed by atoms with Gasteiger partial charge in [0.15, 0.2) is 0 Å². The van der Waals surface area contributed by atoms with Crippen molar-refractivity contribution in [1.82, 2.24) is 4.98 Å². The van der Waals surface area contributed by atoms with Gasteiger partial charge in [0.05, 0.1) is 5.56 Å². The van der Waals surface area contributed by atoms with Crippen molar-refractivity contribution in [2.45, 2.75) is 33.6 Å². The molecule has 3 nitrogen and oxygen atoms in total. The second kappa shape index (κ2) is 4.22. The van der Waals surface area contributed by atoms with Crippen LogP contribution in [0.3, 0.4) is 0 Å². The molecule has 1 heterocycles. The van der Waals surface area contributed by atoms with E-state index in [4.69, 9.17) is 5.73 Å². The van der Waals surface area contributed by atoms with Crippen LogP contribution in [0.4, 0.5) is 0 Å². The summed E-state index contributed by atoms with van der Waals surface area (Å²) in [6.45, 7) is 6.00. The maximum absolute atomic E-state index is 11.1. The first-order valence-corrected chi connectivity index (χ1v) is 4.82. The van der Waals surface area contributed by atoms with Crippen LogP contribution in [0.1, 0.15) is 40.5 Å². The molecule has 0 aliphatic rings. The van der Waals surface area contributed by atoms with Crippen LogP contribution in [0.25, 0.3) is 0 Å². The first-order valence-electron chi connectivity index (χ1n) is 4.82. The van der Waals surface area contributed by atoms with E-state index in [9.17, 15) is 4.79 Å². The van der Waals surface area contributed by atoms with Crippen molar-refractivity contribution in [3.8, 4) is 0 Å². The van der Waals surface area contributed by atoms with Gasteiger partial charge in [-0.1, -0.05) is 13.3 Å². The van der Waals surface area contributed by atoms with Crippen LogP contribution in [-0.2, 0) is 6.42 Å². The minimum absolute atomic E-state index is 0.396. The second-order valence-electron chi connectivity index (χ2n) is 3.48. The third-order valence-corrected chi connectivity index (χ3v) is 2.45. The Hall–Kier alpha value is -1.38. The zero-order valence-electron chi connectivity index (χ0n) is 8.92. The van der Waals surface area contributed by atoms with E-state index in [1.54, 1.807) is 6.20 Å². The monoisotopic (exact) mass is 192 g/mol. The van der Waals surface area contributed by atoms with Gasteiger partial charge in [-0.3, -0.25) is 9.78 Å². The number of pyridine rings is 1. The average Bonchev–Trinajstić information content (AvgIpc) is 2.11. The Bertz CT molecular complexity index is 359. The molecule has 0 saturated carbocycles. The molecule has 1 amide bonds. The van der Waals surface area contributed by atoms with E-state index in [0.29, 0.717) is 5.56 Å². The van der Waals surface area contributed by atoms with Gasteiger partial charge in [0.1, 0.15) is 0 Å². The van der Waals surface area contributed by atoms with Crippen LogP contribution in [0.2, 0.25) is 0 Å². The molecule has 1 rings (SSSR count). The summed E-state index contributed by atoms with van der Waals surface area (Å²) in [6, 6.07) is 0. The van der Waals surface area contributed by atoms with E-state index < -0.39 is 5.91 Å². The lowest BCUT2D eigenvalue weighted by Crippen LogP contribution is -2.15. The largest absolute Gasteiger partial charge is 0.366 e. The number of hydrogen-bond acceptors (Lipinski definition) is 2.